The highest BCUT2D eigenvalue weighted by Gasteiger charge is 2.38. The van der Waals surface area contributed by atoms with Crippen LogP contribution in [0.25, 0.3) is 11.3 Å². The van der Waals surface area contributed by atoms with Crippen LogP contribution in [0.5, 0.6) is 5.75 Å². The lowest BCUT2D eigenvalue weighted by Gasteiger charge is -2.41. The second-order valence-electron chi connectivity index (χ2n) is 6.35. The lowest BCUT2D eigenvalue weighted by Crippen LogP contribution is -2.45. The van der Waals surface area contributed by atoms with E-state index in [0.717, 1.165) is 19.3 Å². The number of nitrogens with one attached hydrogen (secondary N) is 1. The maximum Gasteiger partial charge on any atom is 0.244 e. The zero-order valence-corrected chi connectivity index (χ0v) is 15.1. The van der Waals surface area contributed by atoms with E-state index in [1.165, 1.54) is 19.4 Å². The third-order valence-corrected chi connectivity index (χ3v) is 6.10. The number of nitrogens with zero attached hydrogens (tertiary/aromatic N) is 1. The number of hydrogen-bond donors (Lipinski definition) is 1. The summed E-state index contributed by atoms with van der Waals surface area (Å²) in [5, 5.41) is 3.66. The summed E-state index contributed by atoms with van der Waals surface area (Å²) >= 11 is 0. The summed E-state index contributed by atoms with van der Waals surface area (Å²) in [7, 11) is -0.654. The van der Waals surface area contributed by atoms with E-state index in [0.29, 0.717) is 24.5 Å². The van der Waals surface area contributed by atoms with Gasteiger partial charge in [-0.1, -0.05) is 11.6 Å². The van der Waals surface area contributed by atoms with Gasteiger partial charge in [-0.25, -0.2) is 13.1 Å². The first kappa shape index (κ1) is 17.9. The zero-order chi connectivity index (χ0) is 17.9. The number of sulfonamides is 1. The maximum absolute atomic E-state index is 12.8. The highest BCUT2D eigenvalue weighted by Crippen LogP contribution is 2.41. The van der Waals surface area contributed by atoms with Gasteiger partial charge in [0.2, 0.25) is 10.0 Å². The van der Waals surface area contributed by atoms with Crippen molar-refractivity contribution in [2.75, 3.05) is 27.4 Å². The molecular weight excluding hydrogens is 344 g/mol. The van der Waals surface area contributed by atoms with E-state index in [1.54, 1.807) is 25.3 Å². The first-order valence-electron chi connectivity index (χ1n) is 8.07. The molecule has 3 rings (SSSR count). The Morgan fingerprint density at radius 3 is 2.64 bits per heavy atom. The number of rotatable bonds is 8. The van der Waals surface area contributed by atoms with Gasteiger partial charge in [0.25, 0.3) is 0 Å². The predicted molar refractivity (Wildman–Crippen MR) is 91.8 cm³/mol. The molecule has 8 heteroatoms. The molecule has 2 aromatic rings. The Morgan fingerprint density at radius 2 is 2.08 bits per heavy atom. The summed E-state index contributed by atoms with van der Waals surface area (Å²) in [5.41, 5.74) is 0.506. The smallest absolute Gasteiger partial charge is 0.244 e. The third kappa shape index (κ3) is 3.70. The Balaban J connectivity index is 1.86. The van der Waals surface area contributed by atoms with Gasteiger partial charge in [-0.05, 0) is 31.0 Å². The van der Waals surface area contributed by atoms with Crippen LogP contribution in [0.15, 0.2) is 39.9 Å². The Morgan fingerprint density at radius 1 is 1.28 bits per heavy atom. The van der Waals surface area contributed by atoms with Gasteiger partial charge in [-0.15, -0.1) is 0 Å². The minimum Gasteiger partial charge on any atom is -0.495 e. The second kappa shape index (κ2) is 7.15. The maximum atomic E-state index is 12.8. The van der Waals surface area contributed by atoms with Crippen molar-refractivity contribution in [1.82, 2.24) is 9.88 Å². The van der Waals surface area contributed by atoms with Crippen LogP contribution in [0.3, 0.4) is 0 Å². The molecule has 1 saturated carbocycles. The van der Waals surface area contributed by atoms with E-state index in [-0.39, 0.29) is 16.1 Å². The third-order valence-electron chi connectivity index (χ3n) is 4.68. The molecule has 0 saturated heterocycles. The molecule has 25 heavy (non-hydrogen) atoms. The molecule has 1 aromatic heterocycles. The SMILES string of the molecule is COCC1(CNS(=O)(=O)c2cc(-c3ccno3)ccc2OC)CCC1. The molecule has 0 aliphatic heterocycles. The molecule has 7 nitrogen and oxygen atoms in total. The predicted octanol–water partition coefficient (Wildman–Crippen LogP) is 2.45. The Bertz CT molecular complexity index is 814. The number of hydrogen-bond acceptors (Lipinski definition) is 6. The van der Waals surface area contributed by atoms with Crippen LogP contribution >= 0.6 is 0 Å². The highest BCUT2D eigenvalue weighted by atomic mass is 32.2. The van der Waals surface area contributed by atoms with Crippen molar-refractivity contribution < 1.29 is 22.4 Å². The van der Waals surface area contributed by atoms with Crippen molar-refractivity contribution in [3.05, 3.63) is 30.5 Å². The molecule has 0 radical (unpaired) electrons. The van der Waals surface area contributed by atoms with Crippen LogP contribution < -0.4 is 9.46 Å². The second-order valence-corrected chi connectivity index (χ2v) is 8.09. The van der Waals surface area contributed by atoms with Crippen LogP contribution in [0.1, 0.15) is 19.3 Å². The van der Waals surface area contributed by atoms with Crippen molar-refractivity contribution >= 4 is 10.0 Å². The van der Waals surface area contributed by atoms with Gasteiger partial charge < -0.3 is 14.0 Å². The van der Waals surface area contributed by atoms with Gasteiger partial charge in [0, 0.05) is 30.7 Å². The largest absolute Gasteiger partial charge is 0.495 e. The normalized spacial score (nSPS) is 16.4. The minimum atomic E-state index is -3.74. The molecule has 0 bridgehead atoms. The van der Waals surface area contributed by atoms with Crippen LogP contribution in [0.2, 0.25) is 0 Å². The number of ether oxygens (including phenoxy) is 2. The molecular formula is C17H22N2O5S. The van der Waals surface area contributed by atoms with Gasteiger partial charge >= 0.3 is 0 Å². The van der Waals surface area contributed by atoms with Crippen molar-refractivity contribution in [2.45, 2.75) is 24.2 Å². The van der Waals surface area contributed by atoms with E-state index < -0.39 is 10.0 Å². The quantitative estimate of drug-likeness (QED) is 0.772. The Hall–Kier alpha value is -1.90. The van der Waals surface area contributed by atoms with E-state index in [2.05, 4.69) is 9.88 Å². The van der Waals surface area contributed by atoms with Crippen LogP contribution in [0.4, 0.5) is 0 Å². The Kier molecular flexibility index (Phi) is 5.12. The molecule has 1 heterocycles. The van der Waals surface area contributed by atoms with E-state index in [1.807, 2.05) is 0 Å². The van der Waals surface area contributed by atoms with E-state index in [9.17, 15) is 8.42 Å². The summed E-state index contributed by atoms with van der Waals surface area (Å²) in [5.74, 6) is 0.777. The Labute approximate surface area is 147 Å². The lowest BCUT2D eigenvalue weighted by molar-refractivity contribution is 0.0220. The van der Waals surface area contributed by atoms with Crippen molar-refractivity contribution in [3.8, 4) is 17.1 Å². The summed E-state index contributed by atoms with van der Waals surface area (Å²) < 4.78 is 44.0. The number of benzene rings is 1. The van der Waals surface area contributed by atoms with E-state index >= 15 is 0 Å². The standard InChI is InChI=1S/C17H22N2O5S/c1-22-12-17(7-3-8-17)11-19-25(20,21)16-10-13(4-5-15(16)23-2)14-6-9-18-24-14/h4-6,9-10,19H,3,7-8,11-12H2,1-2H3. The summed E-state index contributed by atoms with van der Waals surface area (Å²) in [6, 6.07) is 6.55. The highest BCUT2D eigenvalue weighted by molar-refractivity contribution is 7.89. The fraction of sp³-hybridized carbons (Fsp3) is 0.471. The first-order valence-corrected chi connectivity index (χ1v) is 9.56. The van der Waals surface area contributed by atoms with Crippen LogP contribution in [-0.4, -0.2) is 40.9 Å². The van der Waals surface area contributed by atoms with E-state index in [4.69, 9.17) is 14.0 Å². The van der Waals surface area contributed by atoms with Gasteiger partial charge in [0.1, 0.15) is 10.6 Å². The van der Waals surface area contributed by atoms with Gasteiger partial charge in [0.15, 0.2) is 5.76 Å². The van der Waals surface area contributed by atoms with Crippen molar-refractivity contribution in [3.63, 3.8) is 0 Å². The molecule has 0 unspecified atom stereocenters. The first-order chi connectivity index (χ1) is 12.0. The van der Waals surface area contributed by atoms with Gasteiger partial charge in [-0.2, -0.15) is 0 Å². The lowest BCUT2D eigenvalue weighted by atomic mass is 9.69. The average Bonchev–Trinajstić information content (AvgIpc) is 3.11. The fourth-order valence-corrected chi connectivity index (χ4v) is 4.44. The monoisotopic (exact) mass is 366 g/mol. The zero-order valence-electron chi connectivity index (χ0n) is 14.3. The molecule has 1 aliphatic carbocycles. The topological polar surface area (TPSA) is 90.7 Å². The molecule has 136 valence electrons. The fourth-order valence-electron chi connectivity index (χ4n) is 3.09. The summed E-state index contributed by atoms with van der Waals surface area (Å²) in [6.07, 6.45) is 4.52. The molecule has 1 aliphatic rings. The van der Waals surface area contributed by atoms with Crippen molar-refractivity contribution in [2.24, 2.45) is 5.41 Å². The molecule has 0 spiro atoms. The minimum absolute atomic E-state index is 0.0794. The molecule has 1 fully saturated rings. The molecule has 0 atom stereocenters. The van der Waals surface area contributed by atoms with Gasteiger partial charge in [0.05, 0.1) is 19.9 Å². The van der Waals surface area contributed by atoms with Gasteiger partial charge in [-0.3, -0.25) is 0 Å². The summed E-state index contributed by atoms with van der Waals surface area (Å²) in [4.78, 5) is 0.0794. The molecule has 1 N–H and O–H groups in total. The molecule has 1 aromatic carbocycles. The average molecular weight is 366 g/mol. The molecule has 0 amide bonds. The van der Waals surface area contributed by atoms with Crippen molar-refractivity contribution in [1.29, 1.82) is 0 Å². The number of methoxy groups -OCH3 is 2. The van der Waals surface area contributed by atoms with Crippen LogP contribution in [0, 0.1) is 5.41 Å². The number of aromatic nitrogens is 1. The van der Waals surface area contributed by atoms with Crippen LogP contribution in [-0.2, 0) is 14.8 Å². The summed E-state index contributed by atoms with van der Waals surface area (Å²) in [6.45, 7) is 0.892.